The number of phenolic OH excluding ortho intramolecular Hbond substituents is 1. The molecule has 6 heteroatoms. The summed E-state index contributed by atoms with van der Waals surface area (Å²) in [6, 6.07) is 2.91. The van der Waals surface area contributed by atoms with Gasteiger partial charge in [-0.1, -0.05) is 23.2 Å². The van der Waals surface area contributed by atoms with Crippen LogP contribution in [0.2, 0.25) is 10.0 Å². The van der Waals surface area contributed by atoms with E-state index in [1.807, 2.05) is 0 Å². The number of rotatable bonds is 2. The number of carbonyl (C=O) groups is 1. The predicted molar refractivity (Wildman–Crippen MR) is 79.1 cm³/mol. The fraction of sp³-hybridized carbons (Fsp3) is 0.500. The average molecular weight is 315 g/mol. The summed E-state index contributed by atoms with van der Waals surface area (Å²) in [4.78, 5) is 12.4. The number of hydrogen-bond donors (Lipinski definition) is 3. The van der Waals surface area contributed by atoms with E-state index in [2.05, 4.69) is 5.32 Å². The minimum absolute atomic E-state index is 0.0585. The van der Waals surface area contributed by atoms with E-state index in [9.17, 15) is 9.90 Å². The molecule has 1 amide bonds. The van der Waals surface area contributed by atoms with Gasteiger partial charge in [0.2, 0.25) is 5.91 Å². The van der Waals surface area contributed by atoms with Crippen molar-refractivity contribution >= 4 is 34.8 Å². The zero-order valence-electron chi connectivity index (χ0n) is 10.8. The molecule has 20 heavy (non-hydrogen) atoms. The quantitative estimate of drug-likeness (QED) is 0.734. The largest absolute Gasteiger partial charge is 0.505 e. The first-order valence-electron chi connectivity index (χ1n) is 6.72. The number of phenols is 1. The van der Waals surface area contributed by atoms with Gasteiger partial charge in [0.05, 0.1) is 16.0 Å². The Kier molecular flexibility index (Phi) is 3.56. The first kappa shape index (κ1) is 14.0. The number of aromatic hydroxyl groups is 1. The van der Waals surface area contributed by atoms with Crippen LogP contribution in [0.5, 0.6) is 5.75 Å². The standard InChI is InChI=1S/C14H16Cl2N2O2/c15-9-4-8(5-10(16)13(9)19)18-14(20)11-6-1-2-7(3-6)12(11)17/h4-7,11-12,19H,1-3,17H2,(H,18,20). The summed E-state index contributed by atoms with van der Waals surface area (Å²) in [5.74, 6) is 0.464. The van der Waals surface area contributed by atoms with Crippen molar-refractivity contribution in [1.29, 1.82) is 0 Å². The number of nitrogens with two attached hydrogens (primary N) is 1. The number of halogens is 2. The molecule has 4 unspecified atom stereocenters. The van der Waals surface area contributed by atoms with Crippen LogP contribution < -0.4 is 11.1 Å². The van der Waals surface area contributed by atoms with Gasteiger partial charge in [-0.2, -0.15) is 0 Å². The zero-order chi connectivity index (χ0) is 14.4. The van der Waals surface area contributed by atoms with Crippen LogP contribution in [0, 0.1) is 17.8 Å². The molecule has 0 saturated heterocycles. The lowest BCUT2D eigenvalue weighted by Gasteiger charge is -2.27. The van der Waals surface area contributed by atoms with E-state index in [0.717, 1.165) is 19.3 Å². The van der Waals surface area contributed by atoms with E-state index in [0.29, 0.717) is 17.5 Å². The first-order chi connectivity index (χ1) is 9.47. The normalized spacial score (nSPS) is 31.6. The van der Waals surface area contributed by atoms with E-state index in [1.165, 1.54) is 12.1 Å². The lowest BCUT2D eigenvalue weighted by atomic mass is 9.84. The molecule has 0 aromatic heterocycles. The van der Waals surface area contributed by atoms with Crippen LogP contribution >= 0.6 is 23.2 Å². The van der Waals surface area contributed by atoms with Crippen LogP contribution in [0.3, 0.4) is 0 Å². The molecule has 0 radical (unpaired) electrons. The Labute approximate surface area is 127 Å². The van der Waals surface area contributed by atoms with E-state index in [1.54, 1.807) is 0 Å². The Morgan fingerprint density at radius 2 is 1.85 bits per heavy atom. The summed E-state index contributed by atoms with van der Waals surface area (Å²) in [6.07, 6.45) is 3.26. The molecule has 0 spiro atoms. The fourth-order valence-electron chi connectivity index (χ4n) is 3.59. The Balaban J connectivity index is 1.77. The third-order valence-corrected chi connectivity index (χ3v) is 5.14. The van der Waals surface area contributed by atoms with Gasteiger partial charge >= 0.3 is 0 Å². The number of carbonyl (C=O) groups excluding carboxylic acids is 1. The maximum absolute atomic E-state index is 12.4. The summed E-state index contributed by atoms with van der Waals surface area (Å²) in [5.41, 5.74) is 6.63. The summed E-state index contributed by atoms with van der Waals surface area (Å²) >= 11 is 11.7. The van der Waals surface area contributed by atoms with Gasteiger partial charge in [-0.25, -0.2) is 0 Å². The van der Waals surface area contributed by atoms with Gasteiger partial charge in [0.15, 0.2) is 5.75 Å². The van der Waals surface area contributed by atoms with Crippen molar-refractivity contribution in [3.63, 3.8) is 0 Å². The van der Waals surface area contributed by atoms with Crippen LogP contribution in [-0.4, -0.2) is 17.1 Å². The summed E-state index contributed by atoms with van der Waals surface area (Å²) in [6.45, 7) is 0. The van der Waals surface area contributed by atoms with Crippen LogP contribution in [0.1, 0.15) is 19.3 Å². The molecule has 2 aliphatic rings. The van der Waals surface area contributed by atoms with Gasteiger partial charge in [-0.15, -0.1) is 0 Å². The van der Waals surface area contributed by atoms with Crippen molar-refractivity contribution in [2.75, 3.05) is 5.32 Å². The lowest BCUT2D eigenvalue weighted by Crippen LogP contribution is -2.42. The molecular weight excluding hydrogens is 299 g/mol. The number of anilines is 1. The Morgan fingerprint density at radius 3 is 2.40 bits per heavy atom. The molecule has 0 aliphatic heterocycles. The maximum atomic E-state index is 12.4. The highest BCUT2D eigenvalue weighted by Gasteiger charge is 2.49. The SMILES string of the molecule is NC1C2CCC(C2)C1C(=O)Nc1cc(Cl)c(O)c(Cl)c1. The molecule has 4 atom stereocenters. The van der Waals surface area contributed by atoms with Crippen LogP contribution in [-0.2, 0) is 4.79 Å². The lowest BCUT2D eigenvalue weighted by molar-refractivity contribution is -0.121. The Bertz CT molecular complexity index is 539. The second kappa shape index (κ2) is 5.10. The third kappa shape index (κ3) is 2.26. The number of nitrogens with one attached hydrogen (secondary N) is 1. The van der Waals surface area contributed by atoms with E-state index < -0.39 is 0 Å². The van der Waals surface area contributed by atoms with Crippen molar-refractivity contribution in [2.24, 2.45) is 23.5 Å². The Hall–Kier alpha value is -0.970. The van der Waals surface area contributed by atoms with Gasteiger partial charge in [0.25, 0.3) is 0 Å². The van der Waals surface area contributed by atoms with Crippen LogP contribution in [0.4, 0.5) is 5.69 Å². The van der Waals surface area contributed by atoms with E-state index in [4.69, 9.17) is 28.9 Å². The number of hydrogen-bond acceptors (Lipinski definition) is 3. The number of fused-ring (bicyclic) bond motifs is 2. The van der Waals surface area contributed by atoms with Crippen LogP contribution in [0.15, 0.2) is 12.1 Å². The molecule has 1 aromatic rings. The van der Waals surface area contributed by atoms with Gasteiger partial charge in [0, 0.05) is 11.7 Å². The molecule has 2 aliphatic carbocycles. The van der Waals surface area contributed by atoms with Crippen molar-refractivity contribution < 1.29 is 9.90 Å². The van der Waals surface area contributed by atoms with E-state index in [-0.39, 0.29) is 33.7 Å². The average Bonchev–Trinajstić information content (AvgIpc) is 2.96. The molecule has 3 rings (SSSR count). The summed E-state index contributed by atoms with van der Waals surface area (Å²) in [7, 11) is 0. The van der Waals surface area contributed by atoms with Crippen molar-refractivity contribution in [2.45, 2.75) is 25.3 Å². The molecule has 4 N–H and O–H groups in total. The molecule has 2 bridgehead atoms. The highest BCUT2D eigenvalue weighted by Crippen LogP contribution is 2.48. The maximum Gasteiger partial charge on any atom is 0.229 e. The second-order valence-electron chi connectivity index (χ2n) is 5.71. The van der Waals surface area contributed by atoms with Gasteiger partial charge in [0.1, 0.15) is 0 Å². The monoisotopic (exact) mass is 314 g/mol. The molecule has 2 saturated carbocycles. The second-order valence-corrected chi connectivity index (χ2v) is 6.53. The highest BCUT2D eigenvalue weighted by molar-refractivity contribution is 6.37. The topological polar surface area (TPSA) is 75.4 Å². The molecular formula is C14H16Cl2N2O2. The number of amides is 1. The molecule has 4 nitrogen and oxygen atoms in total. The van der Waals surface area contributed by atoms with Crippen LogP contribution in [0.25, 0.3) is 0 Å². The summed E-state index contributed by atoms with van der Waals surface area (Å²) in [5, 5.41) is 12.5. The minimum Gasteiger partial charge on any atom is -0.505 e. The van der Waals surface area contributed by atoms with Crippen molar-refractivity contribution in [3.05, 3.63) is 22.2 Å². The van der Waals surface area contributed by atoms with Gasteiger partial charge < -0.3 is 16.2 Å². The summed E-state index contributed by atoms with van der Waals surface area (Å²) < 4.78 is 0. The first-order valence-corrected chi connectivity index (χ1v) is 7.47. The Morgan fingerprint density at radius 1 is 1.25 bits per heavy atom. The van der Waals surface area contributed by atoms with Gasteiger partial charge in [-0.05, 0) is 43.2 Å². The molecule has 1 aromatic carbocycles. The highest BCUT2D eigenvalue weighted by atomic mass is 35.5. The zero-order valence-corrected chi connectivity index (χ0v) is 12.3. The van der Waals surface area contributed by atoms with Gasteiger partial charge in [-0.3, -0.25) is 4.79 Å². The third-order valence-electron chi connectivity index (χ3n) is 4.57. The molecule has 2 fully saturated rings. The fourth-order valence-corrected chi connectivity index (χ4v) is 4.08. The smallest absolute Gasteiger partial charge is 0.229 e. The minimum atomic E-state index is -0.178. The molecule has 0 heterocycles. The van der Waals surface area contributed by atoms with Crippen molar-refractivity contribution in [1.82, 2.24) is 0 Å². The molecule has 108 valence electrons. The van der Waals surface area contributed by atoms with Crippen molar-refractivity contribution in [3.8, 4) is 5.75 Å². The predicted octanol–water partition coefficient (Wildman–Crippen LogP) is 3.01. The number of benzene rings is 1. The van der Waals surface area contributed by atoms with E-state index >= 15 is 0 Å².